The van der Waals surface area contributed by atoms with Crippen molar-refractivity contribution in [2.24, 2.45) is 4.99 Å². The quantitative estimate of drug-likeness (QED) is 0.544. The average molecular weight is 233 g/mol. The summed E-state index contributed by atoms with van der Waals surface area (Å²) in [6.45, 7) is 8.75. The van der Waals surface area contributed by atoms with Gasteiger partial charge in [-0.05, 0) is 47.7 Å². The maximum Gasteiger partial charge on any atom is 0.0803 e. The molecule has 0 bridgehead atoms. The van der Waals surface area contributed by atoms with Gasteiger partial charge in [0.15, 0.2) is 0 Å². The molecule has 1 rings (SSSR count). The Balaban J connectivity index is 3.42. The number of rotatable bonds is 4. The van der Waals surface area contributed by atoms with Gasteiger partial charge in [0.1, 0.15) is 0 Å². The summed E-state index contributed by atoms with van der Waals surface area (Å²) in [6.07, 6.45) is 1.98. The van der Waals surface area contributed by atoms with Crippen LogP contribution in [-0.2, 0) is 12.8 Å². The van der Waals surface area contributed by atoms with Crippen LogP contribution in [0.3, 0.4) is 0 Å². The lowest BCUT2D eigenvalue weighted by Crippen LogP contribution is -1.95. The summed E-state index contributed by atoms with van der Waals surface area (Å²) in [7, 11) is 0. The van der Waals surface area contributed by atoms with Gasteiger partial charge in [0.2, 0.25) is 0 Å². The molecule has 0 fully saturated rings. The van der Waals surface area contributed by atoms with Crippen molar-refractivity contribution in [3.8, 4) is 0 Å². The first-order valence-corrected chi connectivity index (χ1v) is 6.28. The van der Waals surface area contributed by atoms with Gasteiger partial charge in [0, 0.05) is 0 Å². The lowest BCUT2D eigenvalue weighted by molar-refractivity contribution is 0.857. The molecular formula is C14H19NS. The first kappa shape index (κ1) is 13.1. The van der Waals surface area contributed by atoms with E-state index in [1.165, 1.54) is 16.7 Å². The molecular weight excluding hydrogens is 214 g/mol. The van der Waals surface area contributed by atoms with Crippen LogP contribution in [0.2, 0.25) is 0 Å². The minimum absolute atomic E-state index is 0.557. The Labute approximate surface area is 104 Å². The fraction of sp³-hybridized carbons (Fsp3) is 0.500. The Morgan fingerprint density at radius 3 is 2.00 bits per heavy atom. The molecule has 2 heteroatoms. The van der Waals surface area contributed by atoms with Gasteiger partial charge in [-0.1, -0.05) is 39.8 Å². The zero-order valence-corrected chi connectivity index (χ0v) is 11.3. The highest BCUT2D eigenvalue weighted by atomic mass is 32.1. The van der Waals surface area contributed by atoms with Crippen LogP contribution in [0.15, 0.2) is 17.1 Å². The molecule has 16 heavy (non-hydrogen) atoms. The molecule has 0 atom stereocenters. The van der Waals surface area contributed by atoms with Crippen LogP contribution < -0.4 is 0 Å². The van der Waals surface area contributed by atoms with E-state index in [0.29, 0.717) is 5.92 Å². The second kappa shape index (κ2) is 5.93. The first-order valence-electron chi connectivity index (χ1n) is 5.87. The molecule has 0 amide bonds. The van der Waals surface area contributed by atoms with E-state index in [0.717, 1.165) is 18.5 Å². The van der Waals surface area contributed by atoms with Crippen LogP contribution in [0.4, 0.5) is 5.69 Å². The Bertz CT molecular complexity index is 390. The van der Waals surface area contributed by atoms with Crippen LogP contribution in [0.1, 0.15) is 50.3 Å². The Morgan fingerprint density at radius 1 is 1.19 bits per heavy atom. The summed E-state index contributed by atoms with van der Waals surface area (Å²) in [5.41, 5.74) is 4.97. The van der Waals surface area contributed by atoms with Gasteiger partial charge in [0.25, 0.3) is 0 Å². The standard InChI is InChI=1S/C14H19NS/c1-5-11-7-13(10(3)4)8-12(6-2)14(11)15-9-16/h7-8,10H,5-6H2,1-4H3. The van der Waals surface area contributed by atoms with Crippen LogP contribution in [0.25, 0.3) is 0 Å². The topological polar surface area (TPSA) is 12.4 Å². The van der Waals surface area contributed by atoms with Crippen LogP contribution in [0, 0.1) is 0 Å². The third-order valence-corrected chi connectivity index (χ3v) is 2.97. The molecule has 0 aliphatic rings. The summed E-state index contributed by atoms with van der Waals surface area (Å²) < 4.78 is 0. The normalized spacial score (nSPS) is 10.3. The third-order valence-electron chi connectivity index (χ3n) is 2.88. The number of nitrogens with zero attached hydrogens (tertiary/aromatic N) is 1. The highest BCUT2D eigenvalue weighted by Gasteiger charge is 2.09. The first-order chi connectivity index (χ1) is 7.63. The van der Waals surface area contributed by atoms with Crippen molar-refractivity contribution in [1.29, 1.82) is 0 Å². The molecule has 0 N–H and O–H groups in total. The van der Waals surface area contributed by atoms with E-state index >= 15 is 0 Å². The van der Waals surface area contributed by atoms with E-state index in [-0.39, 0.29) is 0 Å². The smallest absolute Gasteiger partial charge is 0.0803 e. The highest BCUT2D eigenvalue weighted by molar-refractivity contribution is 7.78. The van der Waals surface area contributed by atoms with Gasteiger partial charge >= 0.3 is 0 Å². The lowest BCUT2D eigenvalue weighted by Gasteiger charge is -2.13. The van der Waals surface area contributed by atoms with Gasteiger partial charge in [-0.2, -0.15) is 4.99 Å². The number of benzene rings is 1. The molecule has 0 aromatic heterocycles. The number of aliphatic imine (C=N–C) groups is 1. The van der Waals surface area contributed by atoms with Crippen LogP contribution >= 0.6 is 12.2 Å². The number of hydrogen-bond acceptors (Lipinski definition) is 2. The summed E-state index contributed by atoms with van der Waals surface area (Å²) in [6, 6.07) is 4.49. The molecule has 0 aliphatic carbocycles. The zero-order valence-electron chi connectivity index (χ0n) is 10.5. The Hall–Kier alpha value is -0.980. The average Bonchev–Trinajstić information content (AvgIpc) is 2.29. The van der Waals surface area contributed by atoms with Crippen molar-refractivity contribution in [1.82, 2.24) is 0 Å². The minimum Gasteiger partial charge on any atom is -0.194 e. The zero-order chi connectivity index (χ0) is 12.1. The highest BCUT2D eigenvalue weighted by Crippen LogP contribution is 2.30. The number of isothiocyanates is 1. The van der Waals surface area contributed by atoms with E-state index in [4.69, 9.17) is 12.2 Å². The summed E-state index contributed by atoms with van der Waals surface area (Å²) in [5, 5.41) is 2.49. The Kier molecular flexibility index (Phi) is 4.85. The molecule has 0 saturated heterocycles. The molecule has 0 heterocycles. The van der Waals surface area contributed by atoms with Crippen molar-refractivity contribution in [2.45, 2.75) is 46.5 Å². The van der Waals surface area contributed by atoms with E-state index < -0.39 is 0 Å². The van der Waals surface area contributed by atoms with E-state index in [1.54, 1.807) is 0 Å². The second-order valence-corrected chi connectivity index (χ2v) is 4.44. The minimum atomic E-state index is 0.557. The van der Waals surface area contributed by atoms with Gasteiger partial charge < -0.3 is 0 Å². The fourth-order valence-corrected chi connectivity index (χ4v) is 1.94. The molecule has 1 aromatic rings. The van der Waals surface area contributed by atoms with Crippen LogP contribution in [-0.4, -0.2) is 5.16 Å². The van der Waals surface area contributed by atoms with E-state index in [1.807, 2.05) is 0 Å². The lowest BCUT2D eigenvalue weighted by atomic mass is 9.94. The summed E-state index contributed by atoms with van der Waals surface area (Å²) >= 11 is 4.72. The monoisotopic (exact) mass is 233 g/mol. The maximum atomic E-state index is 4.72. The molecule has 1 nitrogen and oxygen atoms in total. The number of hydrogen-bond donors (Lipinski definition) is 0. The Morgan fingerprint density at radius 2 is 1.69 bits per heavy atom. The molecule has 0 spiro atoms. The predicted octanol–water partition coefficient (Wildman–Crippen LogP) is 4.67. The van der Waals surface area contributed by atoms with E-state index in [9.17, 15) is 0 Å². The van der Waals surface area contributed by atoms with Crippen LogP contribution in [0.5, 0.6) is 0 Å². The molecule has 1 aromatic carbocycles. The summed E-state index contributed by atoms with van der Waals surface area (Å²) in [5.74, 6) is 0.557. The molecule has 0 aliphatic heterocycles. The summed E-state index contributed by atoms with van der Waals surface area (Å²) in [4.78, 5) is 4.21. The van der Waals surface area contributed by atoms with Gasteiger partial charge in [-0.15, -0.1) is 0 Å². The molecule has 0 radical (unpaired) electrons. The number of thiocarbonyl (C=S) groups is 1. The van der Waals surface area contributed by atoms with Crippen molar-refractivity contribution in [3.63, 3.8) is 0 Å². The second-order valence-electron chi connectivity index (χ2n) is 4.25. The van der Waals surface area contributed by atoms with Gasteiger partial charge in [0.05, 0.1) is 10.8 Å². The van der Waals surface area contributed by atoms with Crippen molar-refractivity contribution in [3.05, 3.63) is 28.8 Å². The van der Waals surface area contributed by atoms with Crippen molar-refractivity contribution >= 4 is 23.1 Å². The largest absolute Gasteiger partial charge is 0.194 e. The van der Waals surface area contributed by atoms with Crippen molar-refractivity contribution < 1.29 is 0 Å². The van der Waals surface area contributed by atoms with Gasteiger partial charge in [-0.25, -0.2) is 0 Å². The molecule has 0 unspecified atom stereocenters. The predicted molar refractivity (Wildman–Crippen MR) is 74.0 cm³/mol. The fourth-order valence-electron chi connectivity index (χ4n) is 1.85. The molecule has 86 valence electrons. The molecule has 0 saturated carbocycles. The van der Waals surface area contributed by atoms with E-state index in [2.05, 4.69) is 50.0 Å². The maximum absolute atomic E-state index is 4.72. The van der Waals surface area contributed by atoms with Gasteiger partial charge in [-0.3, -0.25) is 0 Å². The SMILES string of the molecule is CCc1cc(C(C)C)cc(CC)c1N=C=S. The third kappa shape index (κ3) is 2.78. The number of aryl methyl sites for hydroxylation is 2. The van der Waals surface area contributed by atoms with Crippen molar-refractivity contribution in [2.75, 3.05) is 0 Å².